The zero-order chi connectivity index (χ0) is 23.2. The fourth-order valence-electron chi connectivity index (χ4n) is 3.51. The van der Waals surface area contributed by atoms with Crippen molar-refractivity contribution in [2.24, 2.45) is 0 Å². The highest BCUT2D eigenvalue weighted by Crippen LogP contribution is 2.32. The summed E-state index contributed by atoms with van der Waals surface area (Å²) in [7, 11) is 1.58. The molecule has 1 heterocycles. The molecule has 0 radical (unpaired) electrons. The number of fused-ring (bicyclic) bond motifs is 1. The Kier molecular flexibility index (Phi) is 6.74. The predicted molar refractivity (Wildman–Crippen MR) is 128 cm³/mol. The minimum Gasteiger partial charge on any atom is -0.497 e. The molecule has 1 N–H and O–H groups in total. The molecule has 6 nitrogen and oxygen atoms in total. The Morgan fingerprint density at radius 1 is 0.970 bits per heavy atom. The van der Waals surface area contributed by atoms with E-state index in [4.69, 9.17) is 13.9 Å². The van der Waals surface area contributed by atoms with Crippen molar-refractivity contribution in [2.75, 3.05) is 13.7 Å². The van der Waals surface area contributed by atoms with Gasteiger partial charge in [-0.15, -0.1) is 0 Å². The summed E-state index contributed by atoms with van der Waals surface area (Å²) in [5.41, 5.74) is 1.89. The molecule has 0 spiro atoms. The van der Waals surface area contributed by atoms with Crippen LogP contribution in [0.3, 0.4) is 0 Å². The van der Waals surface area contributed by atoms with Gasteiger partial charge in [-0.3, -0.25) is 9.59 Å². The summed E-state index contributed by atoms with van der Waals surface area (Å²) >= 11 is 0. The molecule has 1 unspecified atom stereocenters. The van der Waals surface area contributed by atoms with Crippen LogP contribution in [0.1, 0.15) is 12.5 Å². The highest BCUT2D eigenvalue weighted by molar-refractivity contribution is 5.84. The molecule has 0 aliphatic carbocycles. The topological polar surface area (TPSA) is 77.8 Å². The molecule has 4 aromatic rings. The predicted octanol–water partition coefficient (Wildman–Crippen LogP) is 4.59. The molecular formula is C27H25NO5. The fraction of sp³-hybridized carbons (Fsp3) is 0.185. The van der Waals surface area contributed by atoms with E-state index in [9.17, 15) is 9.59 Å². The molecule has 6 heteroatoms. The molecule has 0 saturated carbocycles. The first-order valence-electron chi connectivity index (χ1n) is 10.8. The van der Waals surface area contributed by atoms with Gasteiger partial charge in [0.05, 0.1) is 12.5 Å². The first kappa shape index (κ1) is 22.1. The number of nitrogens with one attached hydrogen (secondary N) is 1. The average Bonchev–Trinajstić information content (AvgIpc) is 2.86. The van der Waals surface area contributed by atoms with Gasteiger partial charge in [0.2, 0.25) is 11.2 Å². The van der Waals surface area contributed by atoms with E-state index in [1.807, 2.05) is 30.3 Å². The van der Waals surface area contributed by atoms with Crippen molar-refractivity contribution in [3.8, 4) is 22.8 Å². The summed E-state index contributed by atoms with van der Waals surface area (Å²) in [6, 6.07) is 24.0. The maximum atomic E-state index is 13.3. The Balaban J connectivity index is 1.59. The second kappa shape index (κ2) is 10.0. The Labute approximate surface area is 191 Å². The summed E-state index contributed by atoms with van der Waals surface area (Å²) in [5.74, 6) is 0.643. The third kappa shape index (κ3) is 5.06. The fourth-order valence-corrected chi connectivity index (χ4v) is 3.51. The van der Waals surface area contributed by atoms with Gasteiger partial charge in [0.1, 0.15) is 11.3 Å². The molecule has 0 bridgehead atoms. The van der Waals surface area contributed by atoms with Crippen LogP contribution < -0.4 is 20.2 Å². The minimum absolute atomic E-state index is 0.00424. The number of amides is 1. The number of carbonyl (C=O) groups excluding carboxylic acids is 1. The van der Waals surface area contributed by atoms with Crippen LogP contribution in [0.4, 0.5) is 0 Å². The number of methoxy groups -OCH3 is 1. The van der Waals surface area contributed by atoms with E-state index >= 15 is 0 Å². The second-order valence-electron chi connectivity index (χ2n) is 7.60. The van der Waals surface area contributed by atoms with Gasteiger partial charge in [-0.2, -0.15) is 0 Å². The van der Waals surface area contributed by atoms with Crippen LogP contribution in [0, 0.1) is 0 Å². The average molecular weight is 443 g/mol. The van der Waals surface area contributed by atoms with Crippen LogP contribution in [0.25, 0.3) is 22.3 Å². The van der Waals surface area contributed by atoms with E-state index in [0.717, 1.165) is 5.56 Å². The van der Waals surface area contributed by atoms with Crippen LogP contribution in [0.2, 0.25) is 0 Å². The zero-order valence-electron chi connectivity index (χ0n) is 18.5. The standard InChI is InChI=1S/C27H25NO5/c1-18(27(30)28-17-16-19-8-4-3-5-9-19)32-26-24(29)22-10-6-7-11-23(22)33-25(26)20-12-14-21(31-2)15-13-20/h3-15,18H,16-17H2,1-2H3,(H,28,30). The van der Waals surface area contributed by atoms with E-state index in [-0.39, 0.29) is 22.8 Å². The van der Waals surface area contributed by atoms with Crippen molar-refractivity contribution in [1.82, 2.24) is 5.32 Å². The molecule has 4 rings (SSSR count). The summed E-state index contributed by atoms with van der Waals surface area (Å²) in [5, 5.41) is 3.26. The third-order valence-corrected chi connectivity index (χ3v) is 5.33. The van der Waals surface area contributed by atoms with Gasteiger partial charge < -0.3 is 19.2 Å². The van der Waals surface area contributed by atoms with Gasteiger partial charge >= 0.3 is 0 Å². The SMILES string of the molecule is COc1ccc(-c2oc3ccccc3c(=O)c2OC(C)C(=O)NCCc2ccccc2)cc1. The zero-order valence-corrected chi connectivity index (χ0v) is 18.5. The van der Waals surface area contributed by atoms with E-state index in [1.54, 1.807) is 62.6 Å². The maximum Gasteiger partial charge on any atom is 0.260 e. The van der Waals surface area contributed by atoms with Crippen LogP contribution in [0.5, 0.6) is 11.5 Å². The number of benzene rings is 3. The Morgan fingerprint density at radius 2 is 1.67 bits per heavy atom. The molecule has 33 heavy (non-hydrogen) atoms. The Morgan fingerprint density at radius 3 is 2.39 bits per heavy atom. The Bertz CT molecular complexity index is 1300. The van der Waals surface area contributed by atoms with Crippen LogP contribution >= 0.6 is 0 Å². The number of carbonyl (C=O) groups is 1. The summed E-state index contributed by atoms with van der Waals surface area (Å²) in [4.78, 5) is 25.9. The molecule has 1 amide bonds. The lowest BCUT2D eigenvalue weighted by Crippen LogP contribution is -2.38. The molecule has 0 aliphatic heterocycles. The van der Waals surface area contributed by atoms with Gasteiger partial charge in [-0.1, -0.05) is 42.5 Å². The van der Waals surface area contributed by atoms with E-state index in [0.29, 0.717) is 35.2 Å². The molecule has 3 aromatic carbocycles. The molecular weight excluding hydrogens is 418 g/mol. The maximum absolute atomic E-state index is 13.3. The smallest absolute Gasteiger partial charge is 0.260 e. The van der Waals surface area contributed by atoms with Crippen molar-refractivity contribution in [3.05, 3.63) is 94.6 Å². The van der Waals surface area contributed by atoms with Gasteiger partial charge in [0, 0.05) is 12.1 Å². The van der Waals surface area contributed by atoms with E-state index < -0.39 is 6.10 Å². The monoisotopic (exact) mass is 443 g/mol. The first-order valence-corrected chi connectivity index (χ1v) is 10.8. The molecule has 1 atom stereocenters. The normalized spacial score (nSPS) is 11.7. The Hall–Kier alpha value is -4.06. The lowest BCUT2D eigenvalue weighted by atomic mass is 10.1. The largest absolute Gasteiger partial charge is 0.497 e. The third-order valence-electron chi connectivity index (χ3n) is 5.33. The molecule has 1 aromatic heterocycles. The van der Waals surface area contributed by atoms with Gasteiger partial charge in [-0.05, 0) is 55.3 Å². The van der Waals surface area contributed by atoms with Crippen LogP contribution in [-0.2, 0) is 11.2 Å². The molecule has 168 valence electrons. The number of para-hydroxylation sites is 1. The van der Waals surface area contributed by atoms with Gasteiger partial charge in [-0.25, -0.2) is 0 Å². The van der Waals surface area contributed by atoms with E-state index in [2.05, 4.69) is 5.32 Å². The van der Waals surface area contributed by atoms with Gasteiger partial charge in [0.15, 0.2) is 11.9 Å². The lowest BCUT2D eigenvalue weighted by Gasteiger charge is -2.17. The van der Waals surface area contributed by atoms with Gasteiger partial charge in [0.25, 0.3) is 5.91 Å². The highest BCUT2D eigenvalue weighted by Gasteiger charge is 2.23. The molecule has 0 aliphatic rings. The van der Waals surface area contributed by atoms with Crippen molar-refractivity contribution in [2.45, 2.75) is 19.4 Å². The highest BCUT2D eigenvalue weighted by atomic mass is 16.5. The van der Waals surface area contributed by atoms with Crippen LogP contribution in [-0.4, -0.2) is 25.7 Å². The van der Waals surface area contributed by atoms with E-state index in [1.165, 1.54) is 0 Å². The number of hydrogen-bond acceptors (Lipinski definition) is 5. The van der Waals surface area contributed by atoms with Crippen molar-refractivity contribution >= 4 is 16.9 Å². The number of rotatable bonds is 8. The quantitative estimate of drug-likeness (QED) is 0.431. The molecule has 0 saturated heterocycles. The number of ether oxygens (including phenoxy) is 2. The van der Waals surface area contributed by atoms with Crippen LogP contribution in [0.15, 0.2) is 88.1 Å². The minimum atomic E-state index is -0.887. The second-order valence-corrected chi connectivity index (χ2v) is 7.60. The van der Waals surface area contributed by atoms with Crippen molar-refractivity contribution in [3.63, 3.8) is 0 Å². The summed E-state index contributed by atoms with van der Waals surface area (Å²) in [6.45, 7) is 2.08. The first-order chi connectivity index (χ1) is 16.1. The molecule has 0 fully saturated rings. The summed E-state index contributed by atoms with van der Waals surface area (Å²) < 4.78 is 17.2. The van der Waals surface area contributed by atoms with Crippen molar-refractivity contribution in [1.29, 1.82) is 0 Å². The number of hydrogen-bond donors (Lipinski definition) is 1. The lowest BCUT2D eigenvalue weighted by molar-refractivity contribution is -0.127. The summed E-state index contributed by atoms with van der Waals surface area (Å²) in [6.07, 6.45) is -0.184. The van der Waals surface area contributed by atoms with Crippen molar-refractivity contribution < 1.29 is 18.7 Å².